The van der Waals surface area contributed by atoms with Crippen molar-refractivity contribution in [3.63, 3.8) is 0 Å². The Bertz CT molecular complexity index is 491. The topological polar surface area (TPSA) is 66.4 Å². The lowest BCUT2D eigenvalue weighted by Gasteiger charge is -2.11. The summed E-state index contributed by atoms with van der Waals surface area (Å²) in [5, 5.41) is 9.33. The SMILES string of the molecule is CC(C)CS(=O)(=O)Nc1cc(Cl)c(O)c(Cl)c1. The minimum absolute atomic E-state index is 0.000234. The Hall–Kier alpha value is -0.650. The van der Waals surface area contributed by atoms with E-state index >= 15 is 0 Å². The predicted octanol–water partition coefficient (Wildman–Crippen LogP) is 3.10. The Balaban J connectivity index is 2.97. The average molecular weight is 298 g/mol. The number of benzene rings is 1. The maximum Gasteiger partial charge on any atom is 0.232 e. The molecule has 0 spiro atoms. The molecule has 1 aromatic carbocycles. The minimum Gasteiger partial charge on any atom is -0.505 e. The van der Waals surface area contributed by atoms with Gasteiger partial charge < -0.3 is 5.11 Å². The van der Waals surface area contributed by atoms with Gasteiger partial charge in [-0.05, 0) is 18.1 Å². The van der Waals surface area contributed by atoms with E-state index in [-0.39, 0.29) is 33.2 Å². The molecule has 17 heavy (non-hydrogen) atoms. The lowest BCUT2D eigenvalue weighted by Crippen LogP contribution is -2.20. The smallest absolute Gasteiger partial charge is 0.232 e. The Morgan fingerprint density at radius 3 is 2.18 bits per heavy atom. The second kappa shape index (κ2) is 5.33. The predicted molar refractivity (Wildman–Crippen MR) is 70.4 cm³/mol. The normalized spacial score (nSPS) is 11.8. The van der Waals surface area contributed by atoms with Crippen molar-refractivity contribution in [1.29, 1.82) is 0 Å². The van der Waals surface area contributed by atoms with Gasteiger partial charge in [0.1, 0.15) is 0 Å². The number of halogens is 2. The van der Waals surface area contributed by atoms with Crippen molar-refractivity contribution in [3.8, 4) is 5.75 Å². The summed E-state index contributed by atoms with van der Waals surface area (Å²) in [6.45, 7) is 3.60. The first kappa shape index (κ1) is 14.4. The molecular weight excluding hydrogens is 285 g/mol. The lowest BCUT2D eigenvalue weighted by atomic mass is 10.3. The number of phenolic OH excluding ortho intramolecular Hbond substituents is 1. The molecule has 1 rings (SSSR count). The number of nitrogens with one attached hydrogen (secondary N) is 1. The lowest BCUT2D eigenvalue weighted by molar-refractivity contribution is 0.476. The maximum absolute atomic E-state index is 11.7. The van der Waals surface area contributed by atoms with Crippen molar-refractivity contribution in [2.75, 3.05) is 10.5 Å². The molecule has 0 heterocycles. The molecule has 0 atom stereocenters. The fourth-order valence-electron chi connectivity index (χ4n) is 1.28. The van der Waals surface area contributed by atoms with E-state index in [0.717, 1.165) is 0 Å². The minimum atomic E-state index is -3.43. The van der Waals surface area contributed by atoms with Gasteiger partial charge in [0.25, 0.3) is 0 Å². The van der Waals surface area contributed by atoms with Crippen LogP contribution >= 0.6 is 23.2 Å². The molecule has 0 aliphatic rings. The van der Waals surface area contributed by atoms with Crippen molar-refractivity contribution < 1.29 is 13.5 Å². The first-order chi connectivity index (χ1) is 7.71. The summed E-state index contributed by atoms with van der Waals surface area (Å²) in [5.74, 6) is -0.251. The molecule has 1 aromatic rings. The highest BCUT2D eigenvalue weighted by Gasteiger charge is 2.15. The molecule has 0 fully saturated rings. The number of phenols is 1. The summed E-state index contributed by atoms with van der Waals surface area (Å²) in [6.07, 6.45) is 0. The Morgan fingerprint density at radius 2 is 1.76 bits per heavy atom. The third kappa shape index (κ3) is 4.26. The van der Waals surface area contributed by atoms with Crippen molar-refractivity contribution in [2.45, 2.75) is 13.8 Å². The van der Waals surface area contributed by atoms with Crippen LogP contribution in [0.3, 0.4) is 0 Å². The van der Waals surface area contributed by atoms with E-state index in [1.54, 1.807) is 13.8 Å². The molecule has 0 aliphatic heterocycles. The van der Waals surface area contributed by atoms with Gasteiger partial charge in [0.05, 0.1) is 21.5 Å². The summed E-state index contributed by atoms with van der Waals surface area (Å²) in [5.41, 5.74) is 0.235. The molecule has 0 bridgehead atoms. The summed E-state index contributed by atoms with van der Waals surface area (Å²) >= 11 is 11.4. The van der Waals surface area contributed by atoms with E-state index in [0.29, 0.717) is 0 Å². The number of rotatable bonds is 4. The zero-order valence-electron chi connectivity index (χ0n) is 9.37. The van der Waals surface area contributed by atoms with E-state index < -0.39 is 10.0 Å². The zero-order valence-corrected chi connectivity index (χ0v) is 11.7. The molecule has 96 valence electrons. The molecule has 0 radical (unpaired) electrons. The second-order valence-corrected chi connectivity index (χ2v) is 6.65. The van der Waals surface area contributed by atoms with Crippen LogP contribution in [0.5, 0.6) is 5.75 Å². The highest BCUT2D eigenvalue weighted by Crippen LogP contribution is 2.34. The number of aromatic hydroxyl groups is 1. The van der Waals surface area contributed by atoms with Crippen LogP contribution in [0.25, 0.3) is 0 Å². The molecule has 0 unspecified atom stereocenters. The number of hydrogen-bond donors (Lipinski definition) is 2. The first-order valence-electron chi connectivity index (χ1n) is 4.90. The van der Waals surface area contributed by atoms with Gasteiger partial charge in [-0.3, -0.25) is 4.72 Å². The van der Waals surface area contributed by atoms with Gasteiger partial charge in [-0.25, -0.2) is 8.42 Å². The van der Waals surface area contributed by atoms with Crippen molar-refractivity contribution >= 4 is 38.9 Å². The van der Waals surface area contributed by atoms with E-state index in [9.17, 15) is 13.5 Å². The van der Waals surface area contributed by atoms with Gasteiger partial charge in [-0.1, -0.05) is 37.0 Å². The van der Waals surface area contributed by atoms with Crippen LogP contribution in [0.2, 0.25) is 10.0 Å². The van der Waals surface area contributed by atoms with E-state index in [1.807, 2.05) is 0 Å². The molecular formula is C10H13Cl2NO3S. The largest absolute Gasteiger partial charge is 0.505 e. The number of sulfonamides is 1. The van der Waals surface area contributed by atoms with Crippen LogP contribution in [-0.2, 0) is 10.0 Å². The van der Waals surface area contributed by atoms with E-state index in [2.05, 4.69) is 4.72 Å². The zero-order chi connectivity index (χ0) is 13.2. The molecule has 0 saturated heterocycles. The molecule has 0 amide bonds. The monoisotopic (exact) mass is 297 g/mol. The summed E-state index contributed by atoms with van der Waals surface area (Å²) < 4.78 is 25.7. The fourth-order valence-corrected chi connectivity index (χ4v) is 3.21. The number of anilines is 1. The Labute approximate surface area is 111 Å². The van der Waals surface area contributed by atoms with Crippen LogP contribution in [0, 0.1) is 5.92 Å². The third-order valence-electron chi connectivity index (χ3n) is 1.84. The molecule has 0 saturated carbocycles. The first-order valence-corrected chi connectivity index (χ1v) is 7.30. The third-order valence-corrected chi connectivity index (χ3v) is 4.07. The molecule has 2 N–H and O–H groups in total. The van der Waals surface area contributed by atoms with Crippen LogP contribution in [0.4, 0.5) is 5.69 Å². The van der Waals surface area contributed by atoms with Crippen LogP contribution < -0.4 is 4.72 Å². The quantitative estimate of drug-likeness (QED) is 0.839. The van der Waals surface area contributed by atoms with Crippen molar-refractivity contribution in [3.05, 3.63) is 22.2 Å². The van der Waals surface area contributed by atoms with Crippen molar-refractivity contribution in [1.82, 2.24) is 0 Å². The van der Waals surface area contributed by atoms with Gasteiger partial charge in [-0.15, -0.1) is 0 Å². The van der Waals surface area contributed by atoms with Gasteiger partial charge in [0.15, 0.2) is 5.75 Å². The van der Waals surface area contributed by atoms with Gasteiger partial charge >= 0.3 is 0 Å². The number of hydrogen-bond acceptors (Lipinski definition) is 3. The maximum atomic E-state index is 11.7. The van der Waals surface area contributed by atoms with Gasteiger partial charge in [-0.2, -0.15) is 0 Å². The van der Waals surface area contributed by atoms with Crippen LogP contribution in [0.1, 0.15) is 13.8 Å². The standard InChI is InChI=1S/C10H13Cl2NO3S/c1-6(2)5-17(15,16)13-7-3-8(11)10(14)9(12)4-7/h3-4,6,13-14H,5H2,1-2H3. The molecule has 7 heteroatoms. The van der Waals surface area contributed by atoms with E-state index in [4.69, 9.17) is 23.2 Å². The Morgan fingerprint density at radius 1 is 1.29 bits per heavy atom. The second-order valence-electron chi connectivity index (χ2n) is 4.07. The van der Waals surface area contributed by atoms with E-state index in [1.165, 1.54) is 12.1 Å². The van der Waals surface area contributed by atoms with Crippen molar-refractivity contribution in [2.24, 2.45) is 5.92 Å². The Kier molecular flexibility index (Phi) is 4.52. The van der Waals surface area contributed by atoms with Gasteiger partial charge in [0.2, 0.25) is 10.0 Å². The summed E-state index contributed by atoms with van der Waals surface area (Å²) in [4.78, 5) is 0. The highest BCUT2D eigenvalue weighted by atomic mass is 35.5. The van der Waals surface area contributed by atoms with Gasteiger partial charge in [0, 0.05) is 0 Å². The molecule has 0 aliphatic carbocycles. The summed E-state index contributed by atoms with van der Waals surface area (Å²) in [6, 6.07) is 2.61. The molecule has 0 aromatic heterocycles. The molecule has 4 nitrogen and oxygen atoms in total. The van der Waals surface area contributed by atoms with Crippen LogP contribution in [0.15, 0.2) is 12.1 Å². The van der Waals surface area contributed by atoms with Crippen LogP contribution in [-0.4, -0.2) is 19.3 Å². The highest BCUT2D eigenvalue weighted by molar-refractivity contribution is 7.92. The fraction of sp³-hybridized carbons (Fsp3) is 0.400. The summed E-state index contributed by atoms with van der Waals surface area (Å²) in [7, 11) is -3.43. The average Bonchev–Trinajstić information content (AvgIpc) is 2.10.